The van der Waals surface area contributed by atoms with Gasteiger partial charge in [-0.25, -0.2) is 0 Å². The van der Waals surface area contributed by atoms with Crippen molar-refractivity contribution in [2.24, 2.45) is 0 Å². The maximum absolute atomic E-state index is 8.76. The topological polar surface area (TPSA) is 33.0 Å². The van der Waals surface area contributed by atoms with Crippen LogP contribution in [0.3, 0.4) is 0 Å². The van der Waals surface area contributed by atoms with Gasteiger partial charge in [-0.3, -0.25) is 0 Å². The van der Waals surface area contributed by atoms with Crippen molar-refractivity contribution in [3.05, 3.63) is 36.4 Å². The summed E-state index contributed by atoms with van der Waals surface area (Å²) >= 11 is 1.14. The molecule has 0 aromatic heterocycles. The van der Waals surface area contributed by atoms with Crippen LogP contribution in [0.15, 0.2) is 41.3 Å². The highest BCUT2D eigenvalue weighted by molar-refractivity contribution is 8.04. The second-order valence-corrected chi connectivity index (χ2v) is 3.81. The molecule has 0 spiro atoms. The van der Waals surface area contributed by atoms with Gasteiger partial charge in [-0.15, -0.1) is 0 Å². The van der Waals surface area contributed by atoms with E-state index in [1.165, 1.54) is 0 Å². The highest BCUT2D eigenvalue weighted by atomic mass is 32.2. The molecule has 0 fully saturated rings. The van der Waals surface area contributed by atoms with Crippen LogP contribution in [0.2, 0.25) is 0 Å². The third-order valence-corrected chi connectivity index (χ3v) is 2.93. The van der Waals surface area contributed by atoms with Crippen molar-refractivity contribution in [2.45, 2.75) is 4.90 Å². The van der Waals surface area contributed by atoms with E-state index < -0.39 is 0 Å². The molecule has 2 aromatic carbocycles. The maximum Gasteiger partial charge on any atom is 0.138 e. The minimum absolute atomic E-state index is 0.750. The van der Waals surface area contributed by atoms with E-state index in [2.05, 4.69) is 5.40 Å². The first kappa shape index (κ1) is 9.88. The lowest BCUT2D eigenvalue weighted by atomic mass is 10.1. The lowest BCUT2D eigenvalue weighted by Gasteiger charge is -2.07. The second kappa shape index (κ2) is 4.24. The van der Waals surface area contributed by atoms with Crippen molar-refractivity contribution >= 4 is 22.5 Å². The monoisotopic (exact) mass is 215 g/mol. The van der Waals surface area contributed by atoms with Crippen molar-refractivity contribution < 1.29 is 4.74 Å². The predicted molar refractivity (Wildman–Crippen MR) is 62.0 cm³/mol. The van der Waals surface area contributed by atoms with E-state index >= 15 is 0 Å². The number of thiocyanates is 1. The summed E-state index contributed by atoms with van der Waals surface area (Å²) in [5, 5.41) is 13.0. The molecule has 15 heavy (non-hydrogen) atoms. The molecule has 0 radical (unpaired) electrons. The zero-order chi connectivity index (χ0) is 10.7. The molecule has 2 rings (SSSR count). The lowest BCUT2D eigenvalue weighted by Crippen LogP contribution is -1.86. The van der Waals surface area contributed by atoms with Crippen LogP contribution in [-0.2, 0) is 0 Å². The Labute approximate surface area is 92.5 Å². The first-order chi connectivity index (χ1) is 7.36. The molecular weight excluding hydrogens is 206 g/mol. The Morgan fingerprint density at radius 3 is 2.73 bits per heavy atom. The molecule has 0 atom stereocenters. The molecule has 0 amide bonds. The van der Waals surface area contributed by atoms with Gasteiger partial charge >= 0.3 is 0 Å². The van der Waals surface area contributed by atoms with E-state index in [0.29, 0.717) is 0 Å². The SMILES string of the molecule is COc1ccc2ccccc2c1SC#N. The van der Waals surface area contributed by atoms with Crippen LogP contribution in [0.25, 0.3) is 10.8 Å². The van der Waals surface area contributed by atoms with Gasteiger partial charge in [0, 0.05) is 5.39 Å². The number of benzene rings is 2. The number of fused-ring (bicyclic) bond motifs is 1. The highest BCUT2D eigenvalue weighted by Gasteiger charge is 2.07. The number of nitriles is 1. The van der Waals surface area contributed by atoms with Crippen LogP contribution in [0.4, 0.5) is 0 Å². The fourth-order valence-electron chi connectivity index (χ4n) is 1.53. The first-order valence-electron chi connectivity index (χ1n) is 4.48. The van der Waals surface area contributed by atoms with E-state index in [9.17, 15) is 0 Å². The normalized spacial score (nSPS) is 9.87. The van der Waals surface area contributed by atoms with Crippen LogP contribution in [0.5, 0.6) is 5.75 Å². The maximum atomic E-state index is 8.76. The van der Waals surface area contributed by atoms with Crippen molar-refractivity contribution in [3.8, 4) is 11.2 Å². The zero-order valence-corrected chi connectivity index (χ0v) is 9.04. The van der Waals surface area contributed by atoms with E-state index in [-0.39, 0.29) is 0 Å². The molecule has 0 aliphatic rings. The fraction of sp³-hybridized carbons (Fsp3) is 0.0833. The number of thioether (sulfide) groups is 1. The summed E-state index contributed by atoms with van der Waals surface area (Å²) < 4.78 is 5.23. The number of hydrogen-bond acceptors (Lipinski definition) is 3. The second-order valence-electron chi connectivity index (χ2n) is 3.01. The average Bonchev–Trinajstić information content (AvgIpc) is 2.30. The highest BCUT2D eigenvalue weighted by Crippen LogP contribution is 2.35. The average molecular weight is 215 g/mol. The molecule has 3 heteroatoms. The Morgan fingerprint density at radius 1 is 1.20 bits per heavy atom. The Hall–Kier alpha value is -1.66. The van der Waals surface area contributed by atoms with Gasteiger partial charge in [-0.05, 0) is 23.2 Å². The van der Waals surface area contributed by atoms with Crippen LogP contribution >= 0.6 is 11.8 Å². The van der Waals surface area contributed by atoms with Crippen molar-refractivity contribution in [3.63, 3.8) is 0 Å². The van der Waals surface area contributed by atoms with Crippen molar-refractivity contribution in [1.29, 1.82) is 5.26 Å². The Bertz CT molecular complexity index is 531. The van der Waals surface area contributed by atoms with Crippen LogP contribution in [-0.4, -0.2) is 7.11 Å². The molecule has 0 bridgehead atoms. The Morgan fingerprint density at radius 2 is 2.00 bits per heavy atom. The van der Waals surface area contributed by atoms with Gasteiger partial charge in [-0.2, -0.15) is 5.26 Å². The number of rotatable bonds is 2. The molecule has 0 N–H and O–H groups in total. The van der Waals surface area contributed by atoms with Crippen LogP contribution in [0, 0.1) is 10.7 Å². The first-order valence-corrected chi connectivity index (χ1v) is 5.30. The molecule has 0 unspecified atom stereocenters. The molecule has 0 aliphatic heterocycles. The van der Waals surface area contributed by atoms with Gasteiger partial charge < -0.3 is 4.74 Å². The summed E-state index contributed by atoms with van der Waals surface area (Å²) in [5.74, 6) is 0.750. The van der Waals surface area contributed by atoms with Gasteiger partial charge in [0.1, 0.15) is 11.2 Å². The van der Waals surface area contributed by atoms with Gasteiger partial charge in [0.05, 0.1) is 12.0 Å². The predicted octanol–water partition coefficient (Wildman–Crippen LogP) is 3.42. The largest absolute Gasteiger partial charge is 0.496 e. The number of methoxy groups -OCH3 is 1. The molecule has 0 heterocycles. The summed E-state index contributed by atoms with van der Waals surface area (Å²) in [6.45, 7) is 0. The van der Waals surface area contributed by atoms with Crippen molar-refractivity contribution in [2.75, 3.05) is 7.11 Å². The number of nitrogens with zero attached hydrogens (tertiary/aromatic N) is 1. The van der Waals surface area contributed by atoms with Crippen LogP contribution < -0.4 is 4.74 Å². The minimum atomic E-state index is 0.750. The molecule has 0 saturated heterocycles. The van der Waals surface area contributed by atoms with Crippen molar-refractivity contribution in [1.82, 2.24) is 0 Å². The minimum Gasteiger partial charge on any atom is -0.496 e. The van der Waals surface area contributed by atoms with E-state index in [1.54, 1.807) is 7.11 Å². The van der Waals surface area contributed by atoms with Gasteiger partial charge in [-0.1, -0.05) is 30.3 Å². The van der Waals surface area contributed by atoms with Gasteiger partial charge in [0.25, 0.3) is 0 Å². The lowest BCUT2D eigenvalue weighted by molar-refractivity contribution is 0.406. The summed E-state index contributed by atoms with van der Waals surface area (Å²) in [5.41, 5.74) is 0. The molecule has 0 aliphatic carbocycles. The summed E-state index contributed by atoms with van der Waals surface area (Å²) in [6, 6.07) is 11.9. The molecule has 2 aromatic rings. The molecule has 74 valence electrons. The zero-order valence-electron chi connectivity index (χ0n) is 8.23. The Kier molecular flexibility index (Phi) is 2.79. The van der Waals surface area contributed by atoms with Gasteiger partial charge in [0.15, 0.2) is 0 Å². The van der Waals surface area contributed by atoms with E-state index in [0.717, 1.165) is 33.2 Å². The smallest absolute Gasteiger partial charge is 0.138 e. The molecule has 0 saturated carbocycles. The molecular formula is C12H9NOS. The summed E-state index contributed by atoms with van der Waals surface area (Å²) in [4.78, 5) is 0.887. The molecule has 2 nitrogen and oxygen atoms in total. The summed E-state index contributed by atoms with van der Waals surface area (Å²) in [6.07, 6.45) is 0. The standard InChI is InChI=1S/C12H9NOS/c1-14-11-7-6-9-4-2-3-5-10(9)12(11)15-8-13/h2-7H,1H3. The third kappa shape index (κ3) is 1.77. The summed E-state index contributed by atoms with van der Waals surface area (Å²) in [7, 11) is 1.62. The fourth-order valence-corrected chi connectivity index (χ4v) is 2.17. The van der Waals surface area contributed by atoms with E-state index in [4.69, 9.17) is 10.00 Å². The Balaban J connectivity index is 2.74. The third-order valence-electron chi connectivity index (χ3n) is 2.21. The van der Waals surface area contributed by atoms with Crippen LogP contribution in [0.1, 0.15) is 0 Å². The quantitative estimate of drug-likeness (QED) is 0.568. The number of ether oxygens (including phenoxy) is 1. The van der Waals surface area contributed by atoms with Gasteiger partial charge in [0.2, 0.25) is 0 Å². The van der Waals surface area contributed by atoms with E-state index in [1.807, 2.05) is 36.4 Å². The number of hydrogen-bond donors (Lipinski definition) is 0.